The molecule has 1 saturated carbocycles. The van der Waals surface area contributed by atoms with Crippen molar-refractivity contribution in [1.82, 2.24) is 0 Å². The van der Waals surface area contributed by atoms with Gasteiger partial charge in [0.25, 0.3) is 0 Å². The molecular formula is C19H27N3O2. The second-order valence-electron chi connectivity index (χ2n) is 7.19. The molecule has 1 aromatic carbocycles. The summed E-state index contributed by atoms with van der Waals surface area (Å²) >= 11 is 0. The molecule has 2 aliphatic rings. The Bertz CT molecular complexity index is 608. The van der Waals surface area contributed by atoms with Crippen LogP contribution in [0.4, 0.5) is 11.4 Å². The van der Waals surface area contributed by atoms with Gasteiger partial charge in [0.15, 0.2) is 0 Å². The molecule has 0 unspecified atom stereocenters. The van der Waals surface area contributed by atoms with Crippen LogP contribution in [0.15, 0.2) is 24.3 Å². The molecule has 0 atom stereocenters. The van der Waals surface area contributed by atoms with E-state index in [4.69, 9.17) is 5.73 Å². The molecule has 1 aliphatic heterocycles. The summed E-state index contributed by atoms with van der Waals surface area (Å²) in [7, 11) is 0. The molecule has 3 N–H and O–H groups in total. The first-order valence-corrected chi connectivity index (χ1v) is 9.02. The van der Waals surface area contributed by atoms with E-state index < -0.39 is 0 Å². The summed E-state index contributed by atoms with van der Waals surface area (Å²) in [5, 5.41) is 2.99. The average molecular weight is 329 g/mol. The number of nitrogens with zero attached hydrogens (tertiary/aromatic N) is 1. The third-order valence-electron chi connectivity index (χ3n) is 5.40. The maximum absolute atomic E-state index is 12.5. The second kappa shape index (κ2) is 7.34. The first-order chi connectivity index (χ1) is 11.6. The Labute approximate surface area is 143 Å². The molecule has 5 nitrogen and oxygen atoms in total. The molecule has 130 valence electrons. The van der Waals surface area contributed by atoms with E-state index in [2.05, 4.69) is 5.32 Å². The molecule has 1 heterocycles. The summed E-state index contributed by atoms with van der Waals surface area (Å²) in [5.41, 5.74) is 7.55. The fourth-order valence-corrected chi connectivity index (χ4v) is 3.97. The standard InChI is InChI=1S/C19H27N3O2/c20-14-19(9-2-1-3-10-19)13-17(23)21-15-6-4-7-16(12-15)22-11-5-8-18(22)24/h4,6-7,12H,1-3,5,8-11,13-14,20H2,(H,21,23). The molecular weight excluding hydrogens is 302 g/mol. The number of nitrogens with two attached hydrogens (primary N) is 1. The van der Waals surface area contributed by atoms with Crippen molar-refractivity contribution in [3.63, 3.8) is 0 Å². The number of hydrogen-bond acceptors (Lipinski definition) is 3. The van der Waals surface area contributed by atoms with Crippen LogP contribution in [0.1, 0.15) is 51.4 Å². The maximum atomic E-state index is 12.5. The molecule has 1 aromatic rings. The van der Waals surface area contributed by atoms with Gasteiger partial charge in [-0.25, -0.2) is 0 Å². The molecule has 1 aliphatic carbocycles. The predicted octanol–water partition coefficient (Wildman–Crippen LogP) is 3.05. The number of hydrogen-bond donors (Lipinski definition) is 2. The van der Waals surface area contributed by atoms with E-state index in [9.17, 15) is 9.59 Å². The number of anilines is 2. The van der Waals surface area contributed by atoms with E-state index >= 15 is 0 Å². The topological polar surface area (TPSA) is 75.4 Å². The van der Waals surface area contributed by atoms with Gasteiger partial charge in [-0.05, 0) is 49.4 Å². The van der Waals surface area contributed by atoms with Gasteiger partial charge in [0.1, 0.15) is 0 Å². The molecule has 2 fully saturated rings. The van der Waals surface area contributed by atoms with Gasteiger partial charge in [0.05, 0.1) is 0 Å². The lowest BCUT2D eigenvalue weighted by molar-refractivity contribution is -0.119. The smallest absolute Gasteiger partial charge is 0.227 e. The zero-order chi connectivity index (χ0) is 17.0. The van der Waals surface area contributed by atoms with E-state index in [1.165, 1.54) is 6.42 Å². The first-order valence-electron chi connectivity index (χ1n) is 9.02. The molecule has 5 heteroatoms. The van der Waals surface area contributed by atoms with E-state index in [0.717, 1.165) is 50.0 Å². The van der Waals surface area contributed by atoms with E-state index in [1.54, 1.807) is 4.90 Å². The van der Waals surface area contributed by atoms with Crippen molar-refractivity contribution in [3.8, 4) is 0 Å². The van der Waals surface area contributed by atoms with Crippen LogP contribution in [0, 0.1) is 5.41 Å². The lowest BCUT2D eigenvalue weighted by atomic mass is 9.71. The number of benzene rings is 1. The van der Waals surface area contributed by atoms with Gasteiger partial charge in [-0.2, -0.15) is 0 Å². The quantitative estimate of drug-likeness (QED) is 0.872. The summed E-state index contributed by atoms with van der Waals surface area (Å²) in [4.78, 5) is 26.2. The van der Waals surface area contributed by atoms with Crippen LogP contribution in [-0.4, -0.2) is 24.9 Å². The highest BCUT2D eigenvalue weighted by Gasteiger charge is 2.33. The zero-order valence-corrected chi connectivity index (χ0v) is 14.2. The number of rotatable bonds is 5. The summed E-state index contributed by atoms with van der Waals surface area (Å²) in [5.74, 6) is 0.176. The molecule has 0 spiro atoms. The van der Waals surface area contributed by atoms with Crippen LogP contribution >= 0.6 is 0 Å². The van der Waals surface area contributed by atoms with Gasteiger partial charge in [-0.3, -0.25) is 9.59 Å². The Balaban J connectivity index is 1.65. The molecule has 0 bridgehead atoms. The Kier molecular flexibility index (Phi) is 5.19. The van der Waals surface area contributed by atoms with Crippen molar-refractivity contribution in [2.24, 2.45) is 11.1 Å². The fraction of sp³-hybridized carbons (Fsp3) is 0.579. The minimum atomic E-state index is -0.0368. The molecule has 1 saturated heterocycles. The molecule has 2 amide bonds. The Hall–Kier alpha value is -1.88. The normalized spacial score (nSPS) is 20.2. The van der Waals surface area contributed by atoms with Gasteiger partial charge >= 0.3 is 0 Å². The molecule has 0 aromatic heterocycles. The van der Waals surface area contributed by atoms with Gasteiger partial charge in [0, 0.05) is 30.8 Å². The van der Waals surface area contributed by atoms with E-state index in [0.29, 0.717) is 19.4 Å². The number of carbonyl (C=O) groups excluding carboxylic acids is 2. The monoisotopic (exact) mass is 329 g/mol. The van der Waals surface area contributed by atoms with Crippen LogP contribution in [-0.2, 0) is 9.59 Å². The third-order valence-corrected chi connectivity index (χ3v) is 5.40. The van der Waals surface area contributed by atoms with Crippen LogP contribution in [0.25, 0.3) is 0 Å². The van der Waals surface area contributed by atoms with Gasteiger partial charge < -0.3 is 16.0 Å². The summed E-state index contributed by atoms with van der Waals surface area (Å²) in [6, 6.07) is 7.56. The minimum Gasteiger partial charge on any atom is -0.330 e. The predicted molar refractivity (Wildman–Crippen MR) is 95.8 cm³/mol. The Morgan fingerprint density at radius 3 is 2.67 bits per heavy atom. The molecule has 24 heavy (non-hydrogen) atoms. The number of carbonyl (C=O) groups is 2. The maximum Gasteiger partial charge on any atom is 0.227 e. The van der Waals surface area contributed by atoms with Crippen molar-refractivity contribution in [1.29, 1.82) is 0 Å². The largest absolute Gasteiger partial charge is 0.330 e. The zero-order valence-electron chi connectivity index (χ0n) is 14.2. The Morgan fingerprint density at radius 1 is 1.21 bits per heavy atom. The number of amides is 2. The lowest BCUT2D eigenvalue weighted by Gasteiger charge is -2.35. The summed E-state index contributed by atoms with van der Waals surface area (Å²) in [6.45, 7) is 1.33. The Morgan fingerprint density at radius 2 is 2.00 bits per heavy atom. The van der Waals surface area contributed by atoms with Gasteiger partial charge in [-0.1, -0.05) is 25.3 Å². The van der Waals surface area contributed by atoms with Crippen LogP contribution in [0.3, 0.4) is 0 Å². The van der Waals surface area contributed by atoms with E-state index in [1.807, 2.05) is 24.3 Å². The van der Waals surface area contributed by atoms with Crippen molar-refractivity contribution < 1.29 is 9.59 Å². The minimum absolute atomic E-state index is 0.0206. The first kappa shape index (κ1) is 17.0. The fourth-order valence-electron chi connectivity index (χ4n) is 3.97. The van der Waals surface area contributed by atoms with E-state index in [-0.39, 0.29) is 17.2 Å². The van der Waals surface area contributed by atoms with Crippen LogP contribution in [0.5, 0.6) is 0 Å². The van der Waals surface area contributed by atoms with Crippen LogP contribution in [0.2, 0.25) is 0 Å². The van der Waals surface area contributed by atoms with Gasteiger partial charge in [0.2, 0.25) is 11.8 Å². The van der Waals surface area contributed by atoms with Crippen molar-refractivity contribution in [2.45, 2.75) is 51.4 Å². The SMILES string of the molecule is NCC1(CC(=O)Nc2cccc(N3CCCC3=O)c2)CCCCC1. The lowest BCUT2D eigenvalue weighted by Crippen LogP contribution is -2.36. The van der Waals surface area contributed by atoms with Crippen molar-refractivity contribution >= 4 is 23.2 Å². The van der Waals surface area contributed by atoms with Gasteiger partial charge in [-0.15, -0.1) is 0 Å². The van der Waals surface area contributed by atoms with Crippen LogP contribution < -0.4 is 16.0 Å². The highest BCUT2D eigenvalue weighted by molar-refractivity contribution is 5.97. The van der Waals surface area contributed by atoms with Crippen molar-refractivity contribution in [2.75, 3.05) is 23.3 Å². The molecule has 0 radical (unpaired) electrons. The summed E-state index contributed by atoms with van der Waals surface area (Å²) in [6.07, 6.45) is 7.64. The second-order valence-corrected chi connectivity index (χ2v) is 7.19. The number of nitrogens with one attached hydrogen (secondary N) is 1. The molecule has 3 rings (SSSR count). The van der Waals surface area contributed by atoms with Crippen molar-refractivity contribution in [3.05, 3.63) is 24.3 Å². The highest BCUT2D eigenvalue weighted by atomic mass is 16.2. The third kappa shape index (κ3) is 3.78. The highest BCUT2D eigenvalue weighted by Crippen LogP contribution is 2.38. The summed E-state index contributed by atoms with van der Waals surface area (Å²) < 4.78 is 0. The average Bonchev–Trinajstić information content (AvgIpc) is 3.02.